The van der Waals surface area contributed by atoms with Crippen molar-refractivity contribution in [3.63, 3.8) is 0 Å². The molecule has 98 valence electrons. The van der Waals surface area contributed by atoms with Crippen molar-refractivity contribution in [1.82, 2.24) is 0 Å². The van der Waals surface area contributed by atoms with E-state index < -0.39 is 0 Å². The molecule has 0 amide bonds. The summed E-state index contributed by atoms with van der Waals surface area (Å²) in [6, 6.07) is 5.10. The van der Waals surface area contributed by atoms with Gasteiger partial charge in [-0.05, 0) is 24.6 Å². The smallest absolute Gasteiger partial charge is 0.337 e. The van der Waals surface area contributed by atoms with Crippen LogP contribution in [0.2, 0.25) is 5.02 Å². The Labute approximate surface area is 111 Å². The lowest BCUT2D eigenvalue weighted by Gasteiger charge is -2.20. The van der Waals surface area contributed by atoms with E-state index in [-0.39, 0.29) is 18.5 Å². The standard InChI is InChI=1S/C13H16ClNO3/c1-18-13(17)10-2-3-11(14)12(6-10)15-5-4-9(7-15)8-16/h2-3,6,9,16H,4-5,7-8H2,1H3. The van der Waals surface area contributed by atoms with Crippen LogP contribution in [0, 0.1) is 5.92 Å². The van der Waals surface area contributed by atoms with Crippen molar-refractivity contribution < 1.29 is 14.6 Å². The van der Waals surface area contributed by atoms with Gasteiger partial charge in [-0.2, -0.15) is 0 Å². The highest BCUT2D eigenvalue weighted by Gasteiger charge is 2.24. The Morgan fingerprint density at radius 2 is 2.39 bits per heavy atom. The molecular weight excluding hydrogens is 254 g/mol. The highest BCUT2D eigenvalue weighted by Crippen LogP contribution is 2.31. The van der Waals surface area contributed by atoms with Gasteiger partial charge in [0, 0.05) is 25.6 Å². The number of hydrogen-bond acceptors (Lipinski definition) is 4. The van der Waals surface area contributed by atoms with E-state index >= 15 is 0 Å². The normalized spacial score (nSPS) is 19.1. The molecular formula is C13H16ClNO3. The number of rotatable bonds is 3. The van der Waals surface area contributed by atoms with Gasteiger partial charge in [-0.25, -0.2) is 4.79 Å². The van der Waals surface area contributed by atoms with Crippen LogP contribution in [0.15, 0.2) is 18.2 Å². The molecule has 1 aromatic carbocycles. The van der Waals surface area contributed by atoms with E-state index in [0.717, 1.165) is 25.2 Å². The van der Waals surface area contributed by atoms with Crippen LogP contribution in [0.25, 0.3) is 0 Å². The van der Waals surface area contributed by atoms with Crippen LogP contribution in [0.4, 0.5) is 5.69 Å². The molecule has 0 aliphatic carbocycles. The van der Waals surface area contributed by atoms with Crippen molar-refractivity contribution in [3.05, 3.63) is 28.8 Å². The van der Waals surface area contributed by atoms with Gasteiger partial charge in [0.05, 0.1) is 23.4 Å². The zero-order valence-corrected chi connectivity index (χ0v) is 11.0. The van der Waals surface area contributed by atoms with Crippen molar-refractivity contribution in [2.24, 2.45) is 5.92 Å². The second-order valence-corrected chi connectivity index (χ2v) is 4.85. The molecule has 2 rings (SSSR count). The van der Waals surface area contributed by atoms with E-state index in [2.05, 4.69) is 4.90 Å². The number of anilines is 1. The molecule has 0 radical (unpaired) electrons. The minimum atomic E-state index is -0.370. The number of methoxy groups -OCH3 is 1. The summed E-state index contributed by atoms with van der Waals surface area (Å²) in [6.45, 7) is 1.79. The highest BCUT2D eigenvalue weighted by atomic mass is 35.5. The molecule has 1 N–H and O–H groups in total. The van der Waals surface area contributed by atoms with Gasteiger partial charge in [0.15, 0.2) is 0 Å². The molecule has 1 saturated heterocycles. The number of carbonyl (C=O) groups is 1. The van der Waals surface area contributed by atoms with Crippen LogP contribution in [0.3, 0.4) is 0 Å². The van der Waals surface area contributed by atoms with Crippen LogP contribution in [-0.2, 0) is 4.74 Å². The van der Waals surface area contributed by atoms with E-state index in [9.17, 15) is 4.79 Å². The lowest BCUT2D eigenvalue weighted by molar-refractivity contribution is 0.0601. The Morgan fingerprint density at radius 3 is 3.00 bits per heavy atom. The first-order valence-corrected chi connectivity index (χ1v) is 6.27. The van der Waals surface area contributed by atoms with Gasteiger partial charge < -0.3 is 14.7 Å². The molecule has 1 unspecified atom stereocenters. The minimum Gasteiger partial charge on any atom is -0.465 e. The average molecular weight is 270 g/mol. The fourth-order valence-corrected chi connectivity index (χ4v) is 2.44. The molecule has 1 aliphatic heterocycles. The first-order valence-electron chi connectivity index (χ1n) is 5.89. The summed E-state index contributed by atoms with van der Waals surface area (Å²) in [5.74, 6) is -0.0892. The molecule has 0 spiro atoms. The average Bonchev–Trinajstić information content (AvgIpc) is 2.87. The van der Waals surface area contributed by atoms with E-state index in [1.807, 2.05) is 0 Å². The molecule has 4 nitrogen and oxygen atoms in total. The fraction of sp³-hybridized carbons (Fsp3) is 0.462. The lowest BCUT2D eigenvalue weighted by Crippen LogP contribution is -2.21. The van der Waals surface area contributed by atoms with Gasteiger partial charge in [-0.1, -0.05) is 11.6 Å². The van der Waals surface area contributed by atoms with Crippen molar-refractivity contribution >= 4 is 23.3 Å². The zero-order chi connectivity index (χ0) is 13.1. The van der Waals surface area contributed by atoms with Crippen LogP contribution in [0.5, 0.6) is 0 Å². The summed E-state index contributed by atoms with van der Waals surface area (Å²) in [5, 5.41) is 9.76. The molecule has 1 aliphatic rings. The molecule has 18 heavy (non-hydrogen) atoms. The maximum atomic E-state index is 11.5. The van der Waals surface area contributed by atoms with Crippen molar-refractivity contribution in [1.29, 1.82) is 0 Å². The Bertz CT molecular complexity index is 450. The number of esters is 1. The molecule has 5 heteroatoms. The maximum Gasteiger partial charge on any atom is 0.337 e. The molecule has 0 aromatic heterocycles. The van der Waals surface area contributed by atoms with Gasteiger partial charge in [0.1, 0.15) is 0 Å². The van der Waals surface area contributed by atoms with Crippen LogP contribution in [-0.4, -0.2) is 37.9 Å². The number of aliphatic hydroxyl groups excluding tert-OH is 1. The van der Waals surface area contributed by atoms with E-state index in [0.29, 0.717) is 10.6 Å². The summed E-state index contributed by atoms with van der Waals surface area (Å²) in [4.78, 5) is 13.6. The van der Waals surface area contributed by atoms with Gasteiger partial charge >= 0.3 is 5.97 Å². The first kappa shape index (κ1) is 13.2. The lowest BCUT2D eigenvalue weighted by atomic mass is 10.1. The summed E-state index contributed by atoms with van der Waals surface area (Å²) in [7, 11) is 1.36. The summed E-state index contributed by atoms with van der Waals surface area (Å²) in [5.41, 5.74) is 1.32. The molecule has 0 bridgehead atoms. The largest absolute Gasteiger partial charge is 0.465 e. The minimum absolute atomic E-state index is 0.185. The van der Waals surface area contributed by atoms with Gasteiger partial charge in [-0.15, -0.1) is 0 Å². The highest BCUT2D eigenvalue weighted by molar-refractivity contribution is 6.33. The summed E-state index contributed by atoms with van der Waals surface area (Å²) in [6.07, 6.45) is 0.940. The first-order chi connectivity index (χ1) is 8.65. The van der Waals surface area contributed by atoms with Crippen molar-refractivity contribution in [3.8, 4) is 0 Å². The molecule has 0 saturated carbocycles. The van der Waals surface area contributed by atoms with E-state index in [1.165, 1.54) is 7.11 Å². The quantitative estimate of drug-likeness (QED) is 0.852. The number of nitrogens with zero attached hydrogens (tertiary/aromatic N) is 1. The Morgan fingerprint density at radius 1 is 1.61 bits per heavy atom. The maximum absolute atomic E-state index is 11.5. The topological polar surface area (TPSA) is 49.8 Å². The van der Waals surface area contributed by atoms with Gasteiger partial charge in [0.25, 0.3) is 0 Å². The zero-order valence-electron chi connectivity index (χ0n) is 10.2. The number of ether oxygens (including phenoxy) is 1. The Hall–Kier alpha value is -1.26. The third-order valence-corrected chi connectivity index (χ3v) is 3.57. The molecule has 1 heterocycles. The second-order valence-electron chi connectivity index (χ2n) is 4.44. The van der Waals surface area contributed by atoms with E-state index in [4.69, 9.17) is 21.4 Å². The van der Waals surface area contributed by atoms with E-state index in [1.54, 1.807) is 18.2 Å². The Kier molecular flexibility index (Phi) is 4.09. The summed E-state index contributed by atoms with van der Waals surface area (Å²) >= 11 is 6.16. The molecule has 1 aromatic rings. The monoisotopic (exact) mass is 269 g/mol. The van der Waals surface area contributed by atoms with Crippen molar-refractivity contribution in [2.45, 2.75) is 6.42 Å². The number of halogens is 1. The Balaban J connectivity index is 2.24. The number of carbonyl (C=O) groups excluding carboxylic acids is 1. The van der Waals surface area contributed by atoms with Gasteiger partial charge in [-0.3, -0.25) is 0 Å². The SMILES string of the molecule is COC(=O)c1ccc(Cl)c(N2CCC(CO)C2)c1. The second kappa shape index (κ2) is 5.59. The third kappa shape index (κ3) is 2.60. The number of benzene rings is 1. The van der Waals surface area contributed by atoms with Crippen molar-refractivity contribution in [2.75, 3.05) is 31.7 Å². The van der Waals surface area contributed by atoms with Crippen LogP contribution < -0.4 is 4.90 Å². The molecule has 1 atom stereocenters. The summed E-state index contributed by atoms with van der Waals surface area (Å²) < 4.78 is 4.70. The van der Waals surface area contributed by atoms with Gasteiger partial charge in [0.2, 0.25) is 0 Å². The van der Waals surface area contributed by atoms with Crippen LogP contribution in [0.1, 0.15) is 16.8 Å². The number of aliphatic hydroxyl groups is 1. The predicted molar refractivity (Wildman–Crippen MR) is 70.2 cm³/mol. The number of hydrogen-bond donors (Lipinski definition) is 1. The third-order valence-electron chi connectivity index (χ3n) is 3.25. The fourth-order valence-electron chi connectivity index (χ4n) is 2.20. The predicted octanol–water partition coefficient (Wildman–Crippen LogP) is 1.95. The van der Waals surface area contributed by atoms with Crippen LogP contribution >= 0.6 is 11.6 Å². The molecule has 1 fully saturated rings.